The van der Waals surface area contributed by atoms with Crippen LogP contribution in [0.5, 0.6) is 11.5 Å². The molecular weight excluding hydrogens is 492 g/mol. The highest BCUT2D eigenvalue weighted by Crippen LogP contribution is 2.27. The summed E-state index contributed by atoms with van der Waals surface area (Å²) in [6, 6.07) is 10.5. The number of aliphatic hydroxyl groups is 1. The molecule has 1 aliphatic heterocycles. The van der Waals surface area contributed by atoms with Crippen LogP contribution in [-0.4, -0.2) is 69.6 Å². The number of hydrogen-bond donors (Lipinski definition) is 3. The Morgan fingerprint density at radius 1 is 0.944 bits per heavy atom. The molecule has 3 rings (SSSR count). The van der Waals surface area contributed by atoms with E-state index in [0.29, 0.717) is 11.5 Å². The summed E-state index contributed by atoms with van der Waals surface area (Å²) in [4.78, 5) is 23.8. The quantitative estimate of drug-likeness (QED) is 0.408. The fourth-order valence-corrected chi connectivity index (χ4v) is 4.69. The summed E-state index contributed by atoms with van der Waals surface area (Å²) in [7, 11) is -2.65. The van der Waals surface area contributed by atoms with Gasteiger partial charge < -0.3 is 30.0 Å². The molecule has 2 aromatic rings. The van der Waals surface area contributed by atoms with Gasteiger partial charge >= 0.3 is 0 Å². The molecule has 0 saturated carbocycles. The molecule has 1 heterocycles. The van der Waals surface area contributed by atoms with Gasteiger partial charge in [-0.05, 0) is 43.3 Å². The number of nitrogens with one attached hydrogen (secondary N) is 2. The summed E-state index contributed by atoms with van der Waals surface area (Å²) < 4.78 is 47.5. The average Bonchev–Trinajstić information content (AvgIpc) is 2.82. The number of methoxy groups -OCH3 is 1. The Morgan fingerprint density at radius 2 is 1.50 bits per heavy atom. The number of aryl methyl sites for hydroxylation is 1. The number of amides is 2. The van der Waals surface area contributed by atoms with Crippen molar-refractivity contribution in [3.8, 4) is 11.5 Å². The Morgan fingerprint density at radius 3 is 2.06 bits per heavy atom. The highest BCUT2D eigenvalue weighted by molar-refractivity contribution is 7.86. The van der Waals surface area contributed by atoms with Gasteiger partial charge in [0.2, 0.25) is 11.8 Å². The minimum atomic E-state index is -4.16. The van der Waals surface area contributed by atoms with E-state index in [4.69, 9.17) is 18.4 Å². The predicted octanol–water partition coefficient (Wildman–Crippen LogP) is 0.883. The Labute approximate surface area is 209 Å². The molecule has 0 unspecified atom stereocenters. The molecule has 1 saturated heterocycles. The standard InChI is InChI=1S/C24H30N2O9S/c1-14-5-11-19(12-6-14)36(30,31)33-13-20-21(25-15(2)27)23(22(24(29)35-20)26-16(3)28)34-18-9-7-17(32-4)8-10-18/h5-12,20-24,29H,13H2,1-4H3,(H,25,27)(H,26,28)/t20-,21-,22-,23+,24+/m1/s1. The van der Waals surface area contributed by atoms with Crippen molar-refractivity contribution in [1.82, 2.24) is 10.6 Å². The first-order chi connectivity index (χ1) is 17.0. The molecule has 196 valence electrons. The first-order valence-corrected chi connectivity index (χ1v) is 12.6. The molecule has 12 heteroatoms. The number of carbonyl (C=O) groups is 2. The summed E-state index contributed by atoms with van der Waals surface area (Å²) in [5.41, 5.74) is 0.876. The Hall–Kier alpha value is -3.19. The molecule has 1 aliphatic rings. The van der Waals surface area contributed by atoms with E-state index in [9.17, 15) is 23.1 Å². The molecule has 3 N–H and O–H groups in total. The molecule has 11 nitrogen and oxygen atoms in total. The SMILES string of the molecule is COc1ccc(O[C@@H]2[C@@H](NC(C)=O)[C@@H](O)O[C@H](COS(=O)(=O)c3ccc(C)cc3)[C@H]2NC(C)=O)cc1. The Balaban J connectivity index is 1.89. The van der Waals surface area contributed by atoms with Gasteiger partial charge in [0, 0.05) is 13.8 Å². The van der Waals surface area contributed by atoms with E-state index >= 15 is 0 Å². The fourth-order valence-electron chi connectivity index (χ4n) is 3.77. The molecule has 2 aromatic carbocycles. The van der Waals surface area contributed by atoms with Gasteiger partial charge in [-0.15, -0.1) is 0 Å². The lowest BCUT2D eigenvalue weighted by Crippen LogP contribution is -2.69. The van der Waals surface area contributed by atoms with Crippen molar-refractivity contribution in [3.63, 3.8) is 0 Å². The monoisotopic (exact) mass is 522 g/mol. The van der Waals surface area contributed by atoms with Crippen LogP contribution in [0.4, 0.5) is 0 Å². The maximum atomic E-state index is 12.7. The first-order valence-electron chi connectivity index (χ1n) is 11.1. The molecule has 1 fully saturated rings. The second-order valence-corrected chi connectivity index (χ2v) is 9.94. The number of hydrogen-bond acceptors (Lipinski definition) is 9. The number of rotatable bonds is 9. The minimum absolute atomic E-state index is 0.0531. The number of carbonyl (C=O) groups excluding carboxylic acids is 2. The smallest absolute Gasteiger partial charge is 0.297 e. The van der Waals surface area contributed by atoms with E-state index in [1.807, 2.05) is 6.92 Å². The lowest BCUT2D eigenvalue weighted by atomic mass is 9.93. The average molecular weight is 523 g/mol. The second kappa shape index (κ2) is 11.7. The van der Waals surface area contributed by atoms with Crippen molar-refractivity contribution in [2.24, 2.45) is 0 Å². The van der Waals surface area contributed by atoms with E-state index in [2.05, 4.69) is 10.6 Å². The first kappa shape index (κ1) is 27.4. The molecule has 2 amide bonds. The van der Waals surface area contributed by atoms with Gasteiger partial charge in [-0.1, -0.05) is 17.7 Å². The van der Waals surface area contributed by atoms with Gasteiger partial charge in [0.1, 0.15) is 29.7 Å². The van der Waals surface area contributed by atoms with Gasteiger partial charge in [0.25, 0.3) is 10.1 Å². The predicted molar refractivity (Wildman–Crippen MR) is 128 cm³/mol. The van der Waals surface area contributed by atoms with Crippen molar-refractivity contribution in [2.45, 2.75) is 56.2 Å². The number of aliphatic hydroxyl groups excluding tert-OH is 1. The summed E-state index contributed by atoms with van der Waals surface area (Å²) in [6.45, 7) is 3.81. The van der Waals surface area contributed by atoms with Crippen LogP contribution < -0.4 is 20.1 Å². The van der Waals surface area contributed by atoms with Crippen molar-refractivity contribution in [1.29, 1.82) is 0 Å². The third-order valence-corrected chi connectivity index (χ3v) is 6.79. The van der Waals surface area contributed by atoms with Crippen molar-refractivity contribution < 1.29 is 41.5 Å². The van der Waals surface area contributed by atoms with Gasteiger partial charge in [0.15, 0.2) is 6.29 Å². The maximum Gasteiger partial charge on any atom is 0.297 e. The zero-order chi connectivity index (χ0) is 26.5. The lowest BCUT2D eigenvalue weighted by molar-refractivity contribution is -0.220. The third kappa shape index (κ3) is 6.94. The van der Waals surface area contributed by atoms with Gasteiger partial charge in [0.05, 0.1) is 24.7 Å². The molecule has 0 aliphatic carbocycles. The summed E-state index contributed by atoms with van der Waals surface area (Å²) in [6.07, 6.45) is -3.78. The van der Waals surface area contributed by atoms with Crippen molar-refractivity contribution in [2.75, 3.05) is 13.7 Å². The van der Waals surface area contributed by atoms with E-state index in [-0.39, 0.29) is 4.90 Å². The summed E-state index contributed by atoms with van der Waals surface area (Å²) in [5.74, 6) is 0.00631. The van der Waals surface area contributed by atoms with E-state index in [1.165, 1.54) is 33.1 Å². The zero-order valence-electron chi connectivity index (χ0n) is 20.3. The maximum absolute atomic E-state index is 12.7. The highest BCUT2D eigenvalue weighted by atomic mass is 32.2. The summed E-state index contributed by atoms with van der Waals surface area (Å²) in [5, 5.41) is 16.0. The molecule has 0 bridgehead atoms. The Kier molecular flexibility index (Phi) is 8.90. The fraction of sp³-hybridized carbons (Fsp3) is 0.417. The lowest BCUT2D eigenvalue weighted by Gasteiger charge is -2.45. The van der Waals surface area contributed by atoms with Crippen LogP contribution in [0.25, 0.3) is 0 Å². The second-order valence-electron chi connectivity index (χ2n) is 8.33. The minimum Gasteiger partial charge on any atom is -0.497 e. The number of ether oxygens (including phenoxy) is 3. The molecule has 36 heavy (non-hydrogen) atoms. The van der Waals surface area contributed by atoms with Crippen LogP contribution in [0.2, 0.25) is 0 Å². The van der Waals surface area contributed by atoms with Crippen LogP contribution in [-0.2, 0) is 28.6 Å². The van der Waals surface area contributed by atoms with Crippen LogP contribution in [0.15, 0.2) is 53.4 Å². The van der Waals surface area contributed by atoms with Crippen LogP contribution in [0.1, 0.15) is 19.4 Å². The highest BCUT2D eigenvalue weighted by Gasteiger charge is 2.48. The normalized spacial score (nSPS) is 24.0. The summed E-state index contributed by atoms with van der Waals surface area (Å²) >= 11 is 0. The van der Waals surface area contributed by atoms with Gasteiger partial charge in [-0.2, -0.15) is 8.42 Å². The van der Waals surface area contributed by atoms with Crippen molar-refractivity contribution >= 4 is 21.9 Å². The van der Waals surface area contributed by atoms with E-state index in [1.54, 1.807) is 36.4 Å². The largest absolute Gasteiger partial charge is 0.497 e. The van der Waals surface area contributed by atoms with Gasteiger partial charge in [-0.3, -0.25) is 13.8 Å². The third-order valence-electron chi connectivity index (χ3n) is 5.50. The van der Waals surface area contributed by atoms with Crippen LogP contribution in [0, 0.1) is 6.92 Å². The Bertz CT molecular complexity index is 1150. The molecule has 0 radical (unpaired) electrons. The van der Waals surface area contributed by atoms with Crippen molar-refractivity contribution in [3.05, 3.63) is 54.1 Å². The zero-order valence-corrected chi connectivity index (χ0v) is 21.2. The molecular formula is C24H30N2O9S. The molecule has 0 spiro atoms. The molecule has 0 aromatic heterocycles. The van der Waals surface area contributed by atoms with E-state index < -0.39 is 59.1 Å². The van der Waals surface area contributed by atoms with E-state index in [0.717, 1.165) is 5.56 Å². The topological polar surface area (TPSA) is 149 Å². The van der Waals surface area contributed by atoms with Crippen LogP contribution >= 0.6 is 0 Å². The van der Waals surface area contributed by atoms with Crippen LogP contribution in [0.3, 0.4) is 0 Å². The molecule has 5 atom stereocenters. The number of benzene rings is 2. The van der Waals surface area contributed by atoms with Gasteiger partial charge in [-0.25, -0.2) is 0 Å².